The summed E-state index contributed by atoms with van der Waals surface area (Å²) in [5.74, 6) is -0.112. The van der Waals surface area contributed by atoms with Gasteiger partial charge in [-0.25, -0.2) is 8.42 Å². The minimum absolute atomic E-state index is 0.112. The van der Waals surface area contributed by atoms with Gasteiger partial charge in [0.15, 0.2) is 6.29 Å². The van der Waals surface area contributed by atoms with Crippen LogP contribution >= 0.6 is 0 Å². The fourth-order valence-corrected chi connectivity index (χ4v) is 2.35. The standard InChI is InChI=1S/C14H13NO4S/c1-20(18,19)15-13-4-2-3-10(7-13)11-5-6-12(9-16)14(17)8-11/h2-9,15,17H,1H3. The van der Waals surface area contributed by atoms with Gasteiger partial charge in [0.2, 0.25) is 10.0 Å². The highest BCUT2D eigenvalue weighted by molar-refractivity contribution is 7.92. The molecule has 2 aromatic rings. The molecule has 2 aromatic carbocycles. The maximum absolute atomic E-state index is 11.2. The fourth-order valence-electron chi connectivity index (χ4n) is 1.80. The summed E-state index contributed by atoms with van der Waals surface area (Å²) in [5, 5.41) is 9.67. The lowest BCUT2D eigenvalue weighted by Gasteiger charge is -2.08. The summed E-state index contributed by atoms with van der Waals surface area (Å²) in [6, 6.07) is 11.4. The first-order valence-corrected chi connectivity index (χ1v) is 7.64. The number of nitrogens with one attached hydrogen (secondary N) is 1. The van der Waals surface area contributed by atoms with Crippen LogP contribution in [-0.2, 0) is 10.0 Å². The van der Waals surface area contributed by atoms with E-state index in [4.69, 9.17) is 0 Å². The highest BCUT2D eigenvalue weighted by Crippen LogP contribution is 2.27. The molecular formula is C14H13NO4S. The molecule has 0 aliphatic carbocycles. The molecule has 2 N–H and O–H groups in total. The number of hydrogen-bond acceptors (Lipinski definition) is 4. The van der Waals surface area contributed by atoms with E-state index in [9.17, 15) is 18.3 Å². The quantitative estimate of drug-likeness (QED) is 0.846. The molecule has 0 unspecified atom stereocenters. The highest BCUT2D eigenvalue weighted by Gasteiger charge is 2.06. The first kappa shape index (κ1) is 14.1. The Kier molecular flexibility index (Phi) is 3.76. The Morgan fingerprint density at radius 1 is 1.10 bits per heavy atom. The van der Waals surface area contributed by atoms with Crippen LogP contribution in [0.15, 0.2) is 42.5 Å². The lowest BCUT2D eigenvalue weighted by molar-refractivity contribution is 0.112. The Balaban J connectivity index is 2.40. The number of phenols is 1. The summed E-state index contributed by atoms with van der Waals surface area (Å²) in [6.07, 6.45) is 1.64. The molecule has 0 fully saturated rings. The second-order valence-corrected chi connectivity index (χ2v) is 6.09. The van der Waals surface area contributed by atoms with Crippen LogP contribution in [0.25, 0.3) is 11.1 Å². The van der Waals surface area contributed by atoms with Crippen molar-refractivity contribution in [3.8, 4) is 16.9 Å². The van der Waals surface area contributed by atoms with E-state index >= 15 is 0 Å². The number of sulfonamides is 1. The average Bonchev–Trinajstić information content (AvgIpc) is 2.37. The average molecular weight is 291 g/mol. The van der Waals surface area contributed by atoms with E-state index in [1.54, 1.807) is 30.3 Å². The molecule has 0 spiro atoms. The molecule has 0 heterocycles. The zero-order chi connectivity index (χ0) is 14.8. The van der Waals surface area contributed by atoms with Crippen LogP contribution in [0.5, 0.6) is 5.75 Å². The number of carbonyl (C=O) groups is 1. The molecular weight excluding hydrogens is 278 g/mol. The van der Waals surface area contributed by atoms with Gasteiger partial charge in [0, 0.05) is 5.69 Å². The van der Waals surface area contributed by atoms with Gasteiger partial charge in [-0.15, -0.1) is 0 Å². The molecule has 104 valence electrons. The second-order valence-electron chi connectivity index (χ2n) is 4.35. The molecule has 0 aliphatic rings. The summed E-state index contributed by atoms with van der Waals surface area (Å²) in [5.41, 5.74) is 2.06. The Labute approximate surface area is 116 Å². The van der Waals surface area contributed by atoms with Crippen LogP contribution in [0, 0.1) is 0 Å². The van der Waals surface area contributed by atoms with Gasteiger partial charge in [-0.1, -0.05) is 18.2 Å². The Morgan fingerprint density at radius 3 is 2.40 bits per heavy atom. The van der Waals surface area contributed by atoms with E-state index in [-0.39, 0.29) is 11.3 Å². The zero-order valence-corrected chi connectivity index (χ0v) is 11.5. The minimum Gasteiger partial charge on any atom is -0.507 e. The van der Waals surface area contributed by atoms with Crippen LogP contribution in [0.3, 0.4) is 0 Å². The molecule has 0 saturated heterocycles. The fraction of sp³-hybridized carbons (Fsp3) is 0.0714. The third-order valence-corrected chi connectivity index (χ3v) is 3.26. The number of aromatic hydroxyl groups is 1. The van der Waals surface area contributed by atoms with Gasteiger partial charge < -0.3 is 5.11 Å². The number of benzene rings is 2. The normalized spacial score (nSPS) is 11.1. The topological polar surface area (TPSA) is 83.5 Å². The first-order valence-electron chi connectivity index (χ1n) is 5.75. The largest absolute Gasteiger partial charge is 0.507 e. The van der Waals surface area contributed by atoms with Crippen LogP contribution in [0.4, 0.5) is 5.69 Å². The van der Waals surface area contributed by atoms with Gasteiger partial charge >= 0.3 is 0 Å². The number of anilines is 1. The van der Waals surface area contributed by atoms with Crippen molar-refractivity contribution in [1.82, 2.24) is 0 Å². The number of rotatable bonds is 4. The summed E-state index contributed by atoms with van der Waals surface area (Å²) >= 11 is 0. The van der Waals surface area contributed by atoms with E-state index in [0.29, 0.717) is 17.5 Å². The van der Waals surface area contributed by atoms with Gasteiger partial charge in [-0.05, 0) is 35.4 Å². The van der Waals surface area contributed by atoms with Gasteiger partial charge in [0.25, 0.3) is 0 Å². The third-order valence-electron chi connectivity index (χ3n) is 2.66. The van der Waals surface area contributed by atoms with Gasteiger partial charge in [-0.3, -0.25) is 9.52 Å². The molecule has 2 rings (SSSR count). The smallest absolute Gasteiger partial charge is 0.229 e. The van der Waals surface area contributed by atoms with Crippen molar-refractivity contribution < 1.29 is 18.3 Å². The molecule has 0 atom stereocenters. The number of carbonyl (C=O) groups excluding carboxylic acids is 1. The van der Waals surface area contributed by atoms with Gasteiger partial charge in [0.05, 0.1) is 11.8 Å². The molecule has 0 bridgehead atoms. The lowest BCUT2D eigenvalue weighted by atomic mass is 10.0. The van der Waals surface area contributed by atoms with E-state index < -0.39 is 10.0 Å². The van der Waals surface area contributed by atoms with Gasteiger partial charge in [-0.2, -0.15) is 0 Å². The summed E-state index contributed by atoms with van der Waals surface area (Å²) in [7, 11) is -3.34. The Hall–Kier alpha value is -2.34. The Morgan fingerprint density at radius 2 is 1.80 bits per heavy atom. The second kappa shape index (κ2) is 5.34. The molecule has 0 aromatic heterocycles. The number of phenolic OH excluding ortho intramolecular Hbond substituents is 1. The van der Waals surface area contributed by atoms with Crippen molar-refractivity contribution in [3.05, 3.63) is 48.0 Å². The van der Waals surface area contributed by atoms with Crippen molar-refractivity contribution in [3.63, 3.8) is 0 Å². The van der Waals surface area contributed by atoms with Crippen molar-refractivity contribution in [2.45, 2.75) is 0 Å². The lowest BCUT2D eigenvalue weighted by Crippen LogP contribution is -2.09. The van der Waals surface area contributed by atoms with Crippen LogP contribution in [0.2, 0.25) is 0 Å². The highest BCUT2D eigenvalue weighted by atomic mass is 32.2. The van der Waals surface area contributed by atoms with Crippen LogP contribution in [0.1, 0.15) is 10.4 Å². The maximum atomic E-state index is 11.2. The predicted molar refractivity (Wildman–Crippen MR) is 77.4 cm³/mol. The predicted octanol–water partition coefficient (Wildman–Crippen LogP) is 2.24. The van der Waals surface area contributed by atoms with E-state index in [1.807, 2.05) is 0 Å². The van der Waals surface area contributed by atoms with Crippen molar-refractivity contribution in [1.29, 1.82) is 0 Å². The summed E-state index contributed by atoms with van der Waals surface area (Å²) in [6.45, 7) is 0. The third kappa shape index (κ3) is 3.36. The van der Waals surface area contributed by atoms with E-state index in [2.05, 4.69) is 4.72 Å². The monoisotopic (exact) mass is 291 g/mol. The molecule has 5 nitrogen and oxygen atoms in total. The molecule has 0 saturated carbocycles. The zero-order valence-electron chi connectivity index (χ0n) is 10.7. The molecule has 0 radical (unpaired) electrons. The molecule has 20 heavy (non-hydrogen) atoms. The number of aldehydes is 1. The van der Waals surface area contributed by atoms with Crippen LogP contribution in [-0.4, -0.2) is 26.1 Å². The Bertz CT molecular complexity index is 754. The van der Waals surface area contributed by atoms with Crippen LogP contribution < -0.4 is 4.72 Å². The SMILES string of the molecule is CS(=O)(=O)Nc1cccc(-c2ccc(C=O)c(O)c2)c1. The van der Waals surface area contributed by atoms with E-state index in [0.717, 1.165) is 11.8 Å². The van der Waals surface area contributed by atoms with Crippen molar-refractivity contribution in [2.75, 3.05) is 11.0 Å². The van der Waals surface area contributed by atoms with E-state index in [1.165, 1.54) is 12.1 Å². The van der Waals surface area contributed by atoms with Crippen molar-refractivity contribution >= 4 is 22.0 Å². The molecule has 0 aliphatic heterocycles. The summed E-state index contributed by atoms with van der Waals surface area (Å²) < 4.78 is 24.8. The first-order chi connectivity index (χ1) is 9.39. The minimum atomic E-state index is -3.34. The molecule has 0 amide bonds. The van der Waals surface area contributed by atoms with Gasteiger partial charge in [0.1, 0.15) is 5.75 Å². The van der Waals surface area contributed by atoms with Crippen molar-refractivity contribution in [2.24, 2.45) is 0 Å². The summed E-state index contributed by atoms with van der Waals surface area (Å²) in [4.78, 5) is 10.6. The number of hydrogen-bond donors (Lipinski definition) is 2. The molecule has 6 heteroatoms. The maximum Gasteiger partial charge on any atom is 0.229 e.